The molecule has 2 amide bonds. The zero-order valence-corrected chi connectivity index (χ0v) is 17.0. The highest BCUT2D eigenvalue weighted by atomic mass is 32.1. The Morgan fingerprint density at radius 2 is 1.71 bits per heavy atom. The largest absolute Gasteiger partial charge is 0.493 e. The summed E-state index contributed by atoms with van der Waals surface area (Å²) in [6, 6.07) is 7.07. The molecule has 2 heterocycles. The van der Waals surface area contributed by atoms with Crippen LogP contribution in [-0.4, -0.2) is 44.6 Å². The zero-order chi connectivity index (χ0) is 20.3. The first-order chi connectivity index (χ1) is 13.5. The SMILES string of the molecule is CCCN1C(=O)C(Nc2cc(OC)c(OC)c(OC)c2)=C(c2cccs2)C1=O. The summed E-state index contributed by atoms with van der Waals surface area (Å²) in [7, 11) is 4.56. The van der Waals surface area contributed by atoms with Crippen LogP contribution in [0.1, 0.15) is 18.2 Å². The van der Waals surface area contributed by atoms with E-state index in [1.54, 1.807) is 12.1 Å². The minimum Gasteiger partial charge on any atom is -0.493 e. The molecule has 148 valence electrons. The highest BCUT2D eigenvalue weighted by Gasteiger charge is 2.39. The van der Waals surface area contributed by atoms with Gasteiger partial charge in [0.05, 0.1) is 26.9 Å². The lowest BCUT2D eigenvalue weighted by atomic mass is 10.1. The second kappa shape index (κ2) is 8.35. The van der Waals surface area contributed by atoms with Crippen molar-refractivity contribution in [2.45, 2.75) is 13.3 Å². The zero-order valence-electron chi connectivity index (χ0n) is 16.2. The van der Waals surface area contributed by atoms with Crippen LogP contribution in [0, 0.1) is 0 Å². The Morgan fingerprint density at radius 1 is 1.04 bits per heavy atom. The number of rotatable bonds is 8. The van der Waals surface area contributed by atoms with Gasteiger partial charge in [0, 0.05) is 29.2 Å². The van der Waals surface area contributed by atoms with Crippen molar-refractivity contribution in [1.82, 2.24) is 4.90 Å². The molecule has 1 aliphatic heterocycles. The normalized spacial score (nSPS) is 13.9. The van der Waals surface area contributed by atoms with Gasteiger partial charge >= 0.3 is 0 Å². The topological polar surface area (TPSA) is 77.1 Å². The van der Waals surface area contributed by atoms with Gasteiger partial charge in [0.2, 0.25) is 5.75 Å². The third-order valence-electron chi connectivity index (χ3n) is 4.32. The van der Waals surface area contributed by atoms with Gasteiger partial charge in [-0.15, -0.1) is 11.3 Å². The highest BCUT2D eigenvalue weighted by molar-refractivity contribution is 7.11. The molecule has 0 unspecified atom stereocenters. The number of amides is 2. The number of imide groups is 1. The lowest BCUT2D eigenvalue weighted by molar-refractivity contribution is -0.136. The molecule has 2 aromatic rings. The Balaban J connectivity index is 2.07. The maximum absolute atomic E-state index is 13.0. The summed E-state index contributed by atoms with van der Waals surface area (Å²) < 4.78 is 16.1. The van der Waals surface area contributed by atoms with Gasteiger partial charge in [-0.3, -0.25) is 14.5 Å². The molecule has 28 heavy (non-hydrogen) atoms. The van der Waals surface area contributed by atoms with E-state index >= 15 is 0 Å². The predicted molar refractivity (Wildman–Crippen MR) is 108 cm³/mol. The van der Waals surface area contributed by atoms with E-state index in [1.807, 2.05) is 24.4 Å². The Bertz CT molecular complexity index is 896. The minimum atomic E-state index is -0.344. The molecule has 8 heteroatoms. The number of carbonyl (C=O) groups excluding carboxylic acids is 2. The molecule has 0 bridgehead atoms. The quantitative estimate of drug-likeness (QED) is 0.682. The number of anilines is 1. The Morgan fingerprint density at radius 3 is 2.21 bits per heavy atom. The third-order valence-corrected chi connectivity index (χ3v) is 5.20. The van der Waals surface area contributed by atoms with E-state index in [2.05, 4.69) is 5.32 Å². The minimum absolute atomic E-state index is 0.246. The molecule has 0 radical (unpaired) electrons. The molecular weight excluding hydrogens is 380 g/mol. The van der Waals surface area contributed by atoms with E-state index in [-0.39, 0.29) is 17.5 Å². The third kappa shape index (κ3) is 3.43. The maximum Gasteiger partial charge on any atom is 0.278 e. The summed E-state index contributed by atoms with van der Waals surface area (Å²) in [5, 5.41) is 4.98. The molecule has 0 atom stereocenters. The molecule has 0 fully saturated rings. The van der Waals surface area contributed by atoms with Crippen LogP contribution in [-0.2, 0) is 9.59 Å². The molecule has 1 N–H and O–H groups in total. The monoisotopic (exact) mass is 402 g/mol. The first kappa shape index (κ1) is 19.8. The molecule has 0 saturated carbocycles. The van der Waals surface area contributed by atoms with Crippen LogP contribution in [0.5, 0.6) is 17.2 Å². The van der Waals surface area contributed by atoms with Crippen LogP contribution in [0.2, 0.25) is 0 Å². The molecule has 3 rings (SSSR count). The van der Waals surface area contributed by atoms with Crippen LogP contribution in [0.3, 0.4) is 0 Å². The number of methoxy groups -OCH3 is 3. The molecule has 1 aromatic heterocycles. The maximum atomic E-state index is 13.0. The number of nitrogens with zero attached hydrogens (tertiary/aromatic N) is 1. The molecule has 0 spiro atoms. The van der Waals surface area contributed by atoms with Crippen molar-refractivity contribution < 1.29 is 23.8 Å². The Labute approximate surface area is 167 Å². The van der Waals surface area contributed by atoms with Gasteiger partial charge in [-0.1, -0.05) is 13.0 Å². The molecular formula is C20H22N2O5S. The predicted octanol–water partition coefficient (Wildman–Crippen LogP) is 3.38. The number of hydrogen-bond acceptors (Lipinski definition) is 7. The first-order valence-corrected chi connectivity index (χ1v) is 9.65. The summed E-state index contributed by atoms with van der Waals surface area (Å²) in [6.45, 7) is 2.29. The Hall–Kier alpha value is -3.00. The molecule has 1 aromatic carbocycles. The molecule has 0 aliphatic carbocycles. The molecule has 7 nitrogen and oxygen atoms in total. The smallest absolute Gasteiger partial charge is 0.278 e. The van der Waals surface area contributed by atoms with Crippen molar-refractivity contribution in [3.8, 4) is 17.2 Å². The van der Waals surface area contributed by atoms with Crippen LogP contribution in [0.4, 0.5) is 5.69 Å². The lowest BCUT2D eigenvalue weighted by Gasteiger charge is -2.16. The van der Waals surface area contributed by atoms with E-state index in [4.69, 9.17) is 14.2 Å². The van der Waals surface area contributed by atoms with Gasteiger partial charge in [0.1, 0.15) is 5.70 Å². The summed E-state index contributed by atoms with van der Waals surface area (Å²) in [6.07, 6.45) is 0.687. The van der Waals surface area contributed by atoms with E-state index in [1.165, 1.54) is 37.6 Å². The molecule has 1 aliphatic rings. The summed E-state index contributed by atoms with van der Waals surface area (Å²) in [5.41, 5.74) is 1.18. The van der Waals surface area contributed by atoms with Crippen molar-refractivity contribution >= 4 is 34.4 Å². The second-order valence-electron chi connectivity index (χ2n) is 6.03. The van der Waals surface area contributed by atoms with Crippen LogP contribution in [0.25, 0.3) is 5.57 Å². The fourth-order valence-corrected chi connectivity index (χ4v) is 3.83. The second-order valence-corrected chi connectivity index (χ2v) is 6.98. The fourth-order valence-electron chi connectivity index (χ4n) is 3.07. The van der Waals surface area contributed by atoms with Crippen LogP contribution >= 0.6 is 11.3 Å². The highest BCUT2D eigenvalue weighted by Crippen LogP contribution is 2.41. The van der Waals surface area contributed by atoms with Gasteiger partial charge < -0.3 is 19.5 Å². The Kier molecular flexibility index (Phi) is 5.89. The van der Waals surface area contributed by atoms with Crippen LogP contribution in [0.15, 0.2) is 35.3 Å². The van der Waals surface area contributed by atoms with Gasteiger partial charge in [-0.2, -0.15) is 0 Å². The van der Waals surface area contributed by atoms with Crippen molar-refractivity contribution in [1.29, 1.82) is 0 Å². The van der Waals surface area contributed by atoms with Gasteiger partial charge in [-0.05, 0) is 17.9 Å². The van der Waals surface area contributed by atoms with Crippen molar-refractivity contribution in [2.75, 3.05) is 33.2 Å². The summed E-state index contributed by atoms with van der Waals surface area (Å²) >= 11 is 1.41. The summed E-state index contributed by atoms with van der Waals surface area (Å²) in [4.78, 5) is 27.9. The fraction of sp³-hybridized carbons (Fsp3) is 0.300. The van der Waals surface area contributed by atoms with Gasteiger partial charge in [0.25, 0.3) is 11.8 Å². The number of nitrogens with one attached hydrogen (secondary N) is 1. The van der Waals surface area contributed by atoms with Crippen molar-refractivity contribution in [3.05, 3.63) is 40.2 Å². The number of hydrogen-bond donors (Lipinski definition) is 1. The van der Waals surface area contributed by atoms with Gasteiger partial charge in [-0.25, -0.2) is 0 Å². The first-order valence-electron chi connectivity index (χ1n) is 8.77. The number of thiophene rings is 1. The van der Waals surface area contributed by atoms with E-state index in [9.17, 15) is 9.59 Å². The van der Waals surface area contributed by atoms with Crippen molar-refractivity contribution in [3.63, 3.8) is 0 Å². The van der Waals surface area contributed by atoms with Crippen LogP contribution < -0.4 is 19.5 Å². The molecule has 0 saturated heterocycles. The average Bonchev–Trinajstić information content (AvgIpc) is 3.30. The van der Waals surface area contributed by atoms with E-state index in [0.717, 1.165) is 4.88 Å². The lowest BCUT2D eigenvalue weighted by Crippen LogP contribution is -2.33. The van der Waals surface area contributed by atoms with Crippen molar-refractivity contribution in [2.24, 2.45) is 0 Å². The van der Waals surface area contributed by atoms with E-state index in [0.29, 0.717) is 41.5 Å². The van der Waals surface area contributed by atoms with E-state index < -0.39 is 0 Å². The summed E-state index contributed by atoms with van der Waals surface area (Å²) in [5.74, 6) is 0.715. The number of ether oxygens (including phenoxy) is 3. The number of carbonyl (C=O) groups is 2. The average molecular weight is 402 g/mol. The number of benzene rings is 1. The standard InChI is InChI=1S/C20H22N2O5S/c1-5-8-22-19(23)16(15-7-6-9-28-15)17(20(22)24)21-12-10-13(25-2)18(27-4)14(11-12)26-3/h6-7,9-11,21H,5,8H2,1-4H3. The van der Waals surface area contributed by atoms with Gasteiger partial charge in [0.15, 0.2) is 11.5 Å².